The molecule has 4 rings (SSSR count). The molecule has 0 unspecified atom stereocenters. The standard InChI is InChI=1S/C28H33FN6O7/c1-28(2,3)42-26(39)33-14-18-15-35(27(40)41-18)17-5-7-22(21(29)13-17)31-9-10-32-23(36)8-11-34-24(37)19-6-4-16(30)12-20(19)25(34)38/h4-7,12-13,18,31H,8-11,14-15,30H2,1-3H3,(H,32,36)(H,33,39)/t18-/m0/s1. The van der Waals surface area contributed by atoms with Gasteiger partial charge >= 0.3 is 12.2 Å². The van der Waals surface area contributed by atoms with Crippen LogP contribution in [0.2, 0.25) is 0 Å². The van der Waals surface area contributed by atoms with Crippen LogP contribution in [0.1, 0.15) is 47.9 Å². The quantitative estimate of drug-likeness (QED) is 0.186. The third-order valence-electron chi connectivity index (χ3n) is 6.33. The molecule has 2 aliphatic rings. The maximum Gasteiger partial charge on any atom is 0.414 e. The molecule has 1 atom stereocenters. The van der Waals surface area contributed by atoms with Gasteiger partial charge in [0, 0.05) is 31.7 Å². The van der Waals surface area contributed by atoms with E-state index >= 15 is 0 Å². The fourth-order valence-electron chi connectivity index (χ4n) is 4.38. The topological polar surface area (TPSA) is 172 Å². The van der Waals surface area contributed by atoms with Gasteiger partial charge in [0.25, 0.3) is 11.8 Å². The Morgan fingerprint density at radius 1 is 1.05 bits per heavy atom. The van der Waals surface area contributed by atoms with Crippen LogP contribution in [0.15, 0.2) is 36.4 Å². The Bertz CT molecular complexity index is 1410. The molecule has 0 bridgehead atoms. The van der Waals surface area contributed by atoms with Crippen LogP contribution in [0.25, 0.3) is 0 Å². The minimum Gasteiger partial charge on any atom is -0.444 e. The van der Waals surface area contributed by atoms with E-state index < -0.39 is 41.5 Å². The van der Waals surface area contributed by atoms with Crippen LogP contribution in [0.4, 0.5) is 31.0 Å². The SMILES string of the molecule is CC(C)(C)OC(=O)NC[C@H]1CN(c2ccc(NCCNC(=O)CCN3C(=O)c4ccc(N)cc4C3=O)c(F)c2)C(=O)O1. The molecule has 0 saturated carbocycles. The number of cyclic esters (lactones) is 1. The number of hydrogen-bond acceptors (Lipinski definition) is 9. The first kappa shape index (κ1) is 30.1. The Labute approximate surface area is 241 Å². The summed E-state index contributed by atoms with van der Waals surface area (Å²) in [5.41, 5.74) is 6.31. The van der Waals surface area contributed by atoms with Crippen LogP contribution in [-0.2, 0) is 14.3 Å². The summed E-state index contributed by atoms with van der Waals surface area (Å²) < 4.78 is 25.2. The summed E-state index contributed by atoms with van der Waals surface area (Å²) in [6.07, 6.45) is -2.03. The van der Waals surface area contributed by atoms with Gasteiger partial charge in [0.05, 0.1) is 35.6 Å². The van der Waals surface area contributed by atoms with E-state index in [-0.39, 0.29) is 67.6 Å². The highest BCUT2D eigenvalue weighted by atomic mass is 19.1. The average molecular weight is 585 g/mol. The minimum absolute atomic E-state index is 0.0401. The molecule has 2 aromatic carbocycles. The number of fused-ring (bicyclic) bond motifs is 1. The highest BCUT2D eigenvalue weighted by Crippen LogP contribution is 2.27. The number of imide groups is 1. The fraction of sp³-hybridized carbons (Fsp3) is 0.393. The number of ether oxygens (including phenoxy) is 2. The van der Waals surface area contributed by atoms with Crippen LogP contribution in [0, 0.1) is 5.82 Å². The van der Waals surface area contributed by atoms with Gasteiger partial charge in [-0.2, -0.15) is 0 Å². The van der Waals surface area contributed by atoms with Gasteiger partial charge < -0.3 is 31.2 Å². The first-order valence-corrected chi connectivity index (χ1v) is 13.3. The summed E-state index contributed by atoms with van der Waals surface area (Å²) in [5, 5.41) is 8.07. The Kier molecular flexibility index (Phi) is 8.83. The smallest absolute Gasteiger partial charge is 0.414 e. The summed E-state index contributed by atoms with van der Waals surface area (Å²) in [6, 6.07) is 8.65. The number of anilines is 3. The number of rotatable bonds is 10. The number of alkyl carbamates (subject to hydrolysis) is 1. The van der Waals surface area contributed by atoms with E-state index in [0.717, 1.165) is 4.90 Å². The van der Waals surface area contributed by atoms with E-state index in [2.05, 4.69) is 16.0 Å². The summed E-state index contributed by atoms with van der Waals surface area (Å²) in [7, 11) is 0. The van der Waals surface area contributed by atoms with Gasteiger partial charge in [-0.3, -0.25) is 24.2 Å². The van der Waals surface area contributed by atoms with Gasteiger partial charge in [0.2, 0.25) is 5.91 Å². The lowest BCUT2D eigenvalue weighted by atomic mass is 10.1. The molecule has 5 N–H and O–H groups in total. The molecular formula is C28H33FN6O7. The van der Waals surface area contributed by atoms with Crippen molar-refractivity contribution in [3.8, 4) is 0 Å². The summed E-state index contributed by atoms with van der Waals surface area (Å²) in [6.45, 7) is 5.61. The largest absolute Gasteiger partial charge is 0.444 e. The molecule has 1 saturated heterocycles. The predicted octanol–water partition coefficient (Wildman–Crippen LogP) is 2.47. The van der Waals surface area contributed by atoms with Crippen LogP contribution < -0.4 is 26.6 Å². The number of carbonyl (C=O) groups is 5. The molecule has 2 aliphatic heterocycles. The summed E-state index contributed by atoms with van der Waals surface area (Å²) >= 11 is 0. The number of nitrogens with one attached hydrogen (secondary N) is 3. The molecule has 14 heteroatoms. The van der Waals surface area contributed by atoms with Crippen LogP contribution in [-0.4, -0.2) is 79.2 Å². The number of carbonyl (C=O) groups excluding carboxylic acids is 5. The molecule has 5 amide bonds. The van der Waals surface area contributed by atoms with Gasteiger partial charge in [-0.1, -0.05) is 0 Å². The van der Waals surface area contributed by atoms with Crippen molar-refractivity contribution in [3.05, 3.63) is 53.3 Å². The maximum atomic E-state index is 14.8. The third-order valence-corrected chi connectivity index (χ3v) is 6.33. The zero-order valence-corrected chi connectivity index (χ0v) is 23.5. The van der Waals surface area contributed by atoms with E-state index in [0.29, 0.717) is 5.69 Å². The van der Waals surface area contributed by atoms with Crippen LogP contribution >= 0.6 is 0 Å². The van der Waals surface area contributed by atoms with Gasteiger partial charge in [-0.25, -0.2) is 14.0 Å². The highest BCUT2D eigenvalue weighted by Gasteiger charge is 2.36. The third kappa shape index (κ3) is 7.25. The molecule has 2 heterocycles. The van der Waals surface area contributed by atoms with Crippen molar-refractivity contribution in [1.82, 2.24) is 15.5 Å². The summed E-state index contributed by atoms with van der Waals surface area (Å²) in [4.78, 5) is 63.6. The molecule has 2 aromatic rings. The first-order chi connectivity index (χ1) is 19.8. The molecule has 0 radical (unpaired) electrons. The number of nitrogens with zero attached hydrogens (tertiary/aromatic N) is 2. The maximum absolute atomic E-state index is 14.8. The van der Waals surface area contributed by atoms with Crippen molar-refractivity contribution >= 4 is 47.0 Å². The number of amides is 5. The zero-order chi connectivity index (χ0) is 30.6. The summed E-state index contributed by atoms with van der Waals surface area (Å²) in [5.74, 6) is -1.97. The first-order valence-electron chi connectivity index (χ1n) is 13.3. The van der Waals surface area contributed by atoms with E-state index in [1.165, 1.54) is 35.2 Å². The van der Waals surface area contributed by atoms with Crippen LogP contribution in [0.5, 0.6) is 0 Å². The Morgan fingerprint density at radius 3 is 2.50 bits per heavy atom. The fourth-order valence-corrected chi connectivity index (χ4v) is 4.38. The average Bonchev–Trinajstić information content (AvgIpc) is 3.40. The molecule has 1 fully saturated rings. The van der Waals surface area contributed by atoms with E-state index in [1.807, 2.05) is 0 Å². The number of hydrogen-bond donors (Lipinski definition) is 4. The normalized spacial score (nSPS) is 16.3. The molecule has 0 aliphatic carbocycles. The number of benzene rings is 2. The van der Waals surface area contributed by atoms with Gasteiger partial charge in [-0.05, 0) is 57.2 Å². The van der Waals surface area contributed by atoms with Crippen molar-refractivity contribution < 1.29 is 37.8 Å². The number of nitrogens with two attached hydrogens (primary N) is 1. The van der Waals surface area contributed by atoms with Gasteiger partial charge in [0.1, 0.15) is 17.5 Å². The molecule has 0 aromatic heterocycles. The van der Waals surface area contributed by atoms with Crippen molar-refractivity contribution in [3.63, 3.8) is 0 Å². The van der Waals surface area contributed by atoms with Crippen molar-refractivity contribution in [2.45, 2.75) is 38.9 Å². The van der Waals surface area contributed by atoms with Crippen LogP contribution in [0.3, 0.4) is 0 Å². The minimum atomic E-state index is -0.667. The van der Waals surface area contributed by atoms with Crippen molar-refractivity contribution in [2.24, 2.45) is 0 Å². The van der Waals surface area contributed by atoms with E-state index in [1.54, 1.807) is 26.8 Å². The number of halogens is 1. The van der Waals surface area contributed by atoms with Crippen molar-refractivity contribution in [2.75, 3.05) is 48.7 Å². The highest BCUT2D eigenvalue weighted by molar-refractivity contribution is 6.21. The van der Waals surface area contributed by atoms with E-state index in [9.17, 15) is 28.4 Å². The second kappa shape index (κ2) is 12.3. The second-order valence-corrected chi connectivity index (χ2v) is 10.8. The molecule has 42 heavy (non-hydrogen) atoms. The Morgan fingerprint density at radius 2 is 1.79 bits per heavy atom. The second-order valence-electron chi connectivity index (χ2n) is 10.8. The molecule has 224 valence electrons. The lowest BCUT2D eigenvalue weighted by molar-refractivity contribution is -0.121. The Balaban J connectivity index is 1.18. The molecule has 0 spiro atoms. The molecular weight excluding hydrogens is 551 g/mol. The van der Waals surface area contributed by atoms with Gasteiger partial charge in [0.15, 0.2) is 0 Å². The van der Waals surface area contributed by atoms with Crippen molar-refractivity contribution in [1.29, 1.82) is 0 Å². The molecule has 13 nitrogen and oxygen atoms in total. The zero-order valence-electron chi connectivity index (χ0n) is 23.5. The monoisotopic (exact) mass is 584 g/mol. The van der Waals surface area contributed by atoms with E-state index in [4.69, 9.17) is 15.2 Å². The Hall–Kier alpha value is -4.88. The lowest BCUT2D eigenvalue weighted by Crippen LogP contribution is -2.38. The predicted molar refractivity (Wildman–Crippen MR) is 151 cm³/mol. The lowest BCUT2D eigenvalue weighted by Gasteiger charge is -2.20. The number of nitrogen functional groups attached to an aromatic ring is 1. The van der Waals surface area contributed by atoms with Gasteiger partial charge in [-0.15, -0.1) is 0 Å².